The molecule has 0 radical (unpaired) electrons. The van der Waals surface area contributed by atoms with Gasteiger partial charge in [-0.2, -0.15) is 0 Å². The molecule has 4 aromatic carbocycles. The van der Waals surface area contributed by atoms with E-state index in [9.17, 15) is 0 Å². The van der Waals surface area contributed by atoms with Gasteiger partial charge in [0.25, 0.3) is 0 Å². The maximum atomic E-state index is 5.98. The molecule has 3 nitrogen and oxygen atoms in total. The molecule has 0 atom stereocenters. The van der Waals surface area contributed by atoms with Crippen LogP contribution in [0.25, 0.3) is 44.1 Å². The maximum Gasteiger partial charge on any atom is 0.119 e. The summed E-state index contributed by atoms with van der Waals surface area (Å²) in [5.74, 6) is 1.90. The fourth-order valence-corrected chi connectivity index (χ4v) is 5.53. The van der Waals surface area contributed by atoms with Crippen LogP contribution in [0.5, 0.6) is 11.5 Å². The van der Waals surface area contributed by atoms with Crippen LogP contribution < -0.4 is 9.47 Å². The molecular formula is C38H45NO2. The Morgan fingerprint density at radius 1 is 0.439 bits per heavy atom. The van der Waals surface area contributed by atoms with E-state index in [1.165, 1.54) is 84.4 Å². The Balaban J connectivity index is 1.26. The monoisotopic (exact) mass is 547 g/mol. The highest BCUT2D eigenvalue weighted by Crippen LogP contribution is 2.34. The average Bonchev–Trinajstić information content (AvgIpc) is 3.38. The summed E-state index contributed by atoms with van der Waals surface area (Å²) >= 11 is 0. The van der Waals surface area contributed by atoms with Crippen molar-refractivity contribution in [3.05, 3.63) is 84.9 Å². The van der Waals surface area contributed by atoms with Crippen molar-refractivity contribution in [1.82, 2.24) is 4.98 Å². The predicted octanol–water partition coefficient (Wildman–Crippen LogP) is 11.4. The van der Waals surface area contributed by atoms with E-state index in [2.05, 4.69) is 104 Å². The number of aromatic nitrogens is 1. The van der Waals surface area contributed by atoms with E-state index in [1.54, 1.807) is 0 Å². The Kier molecular flexibility index (Phi) is 10.4. The number of nitrogens with one attached hydrogen (secondary N) is 1. The summed E-state index contributed by atoms with van der Waals surface area (Å²) in [6.07, 6.45) is 12.5. The molecule has 0 spiro atoms. The van der Waals surface area contributed by atoms with Crippen LogP contribution in [0.15, 0.2) is 84.9 Å². The van der Waals surface area contributed by atoms with Gasteiger partial charge in [-0.15, -0.1) is 0 Å². The van der Waals surface area contributed by atoms with Crippen molar-refractivity contribution in [1.29, 1.82) is 0 Å². The Labute approximate surface area is 245 Å². The molecule has 5 rings (SSSR count). The van der Waals surface area contributed by atoms with Crippen molar-refractivity contribution in [3.8, 4) is 33.8 Å². The molecule has 1 heterocycles. The van der Waals surface area contributed by atoms with E-state index in [4.69, 9.17) is 9.47 Å². The molecule has 1 aromatic heterocycles. The first-order valence-electron chi connectivity index (χ1n) is 15.8. The van der Waals surface area contributed by atoms with Crippen LogP contribution >= 0.6 is 0 Å². The third-order valence-electron chi connectivity index (χ3n) is 8.01. The molecule has 0 aliphatic heterocycles. The number of hydrogen-bond acceptors (Lipinski definition) is 2. The van der Waals surface area contributed by atoms with Crippen LogP contribution in [0.2, 0.25) is 0 Å². The Hall–Kier alpha value is -3.72. The second-order valence-corrected chi connectivity index (χ2v) is 11.2. The first kappa shape index (κ1) is 28.8. The summed E-state index contributed by atoms with van der Waals surface area (Å²) in [5, 5.41) is 2.49. The van der Waals surface area contributed by atoms with Gasteiger partial charge in [-0.1, -0.05) is 102 Å². The summed E-state index contributed by atoms with van der Waals surface area (Å²) in [4.78, 5) is 3.60. The summed E-state index contributed by atoms with van der Waals surface area (Å²) in [5.41, 5.74) is 7.15. The van der Waals surface area contributed by atoms with E-state index < -0.39 is 0 Å². The highest BCUT2D eigenvalue weighted by Gasteiger charge is 2.09. The van der Waals surface area contributed by atoms with Crippen molar-refractivity contribution >= 4 is 21.8 Å². The molecule has 0 fully saturated rings. The minimum Gasteiger partial charge on any atom is -0.494 e. The van der Waals surface area contributed by atoms with Crippen LogP contribution in [0.4, 0.5) is 0 Å². The van der Waals surface area contributed by atoms with E-state index >= 15 is 0 Å². The van der Waals surface area contributed by atoms with Crippen molar-refractivity contribution in [2.24, 2.45) is 0 Å². The quantitative estimate of drug-likeness (QED) is 0.125. The van der Waals surface area contributed by atoms with Crippen molar-refractivity contribution < 1.29 is 9.47 Å². The molecule has 0 bridgehead atoms. The molecule has 3 heteroatoms. The summed E-state index contributed by atoms with van der Waals surface area (Å²) < 4.78 is 12.0. The third-order valence-corrected chi connectivity index (χ3v) is 8.01. The normalized spacial score (nSPS) is 11.4. The zero-order valence-electron chi connectivity index (χ0n) is 24.9. The van der Waals surface area contributed by atoms with Gasteiger partial charge in [-0.25, -0.2) is 0 Å². The average molecular weight is 548 g/mol. The number of benzene rings is 4. The second-order valence-electron chi connectivity index (χ2n) is 11.2. The van der Waals surface area contributed by atoms with Crippen molar-refractivity contribution in [2.75, 3.05) is 13.2 Å². The highest BCUT2D eigenvalue weighted by molar-refractivity contribution is 6.09. The largest absolute Gasteiger partial charge is 0.494 e. The standard InChI is InChI=1S/C38H45NO2/c1-3-5-7-9-11-25-40-33-19-13-29(14-20-33)31-17-23-37-35(27-31)36-28-32(18-24-38(36)39-37)30-15-21-34(22-16-30)41-26-12-10-8-6-4-2/h13-24,27-28,39H,3-12,25-26H2,1-2H3. The molecule has 1 N–H and O–H groups in total. The number of ether oxygens (including phenoxy) is 2. The zero-order valence-corrected chi connectivity index (χ0v) is 24.9. The van der Waals surface area contributed by atoms with Crippen molar-refractivity contribution in [3.63, 3.8) is 0 Å². The van der Waals surface area contributed by atoms with Crippen LogP contribution in [-0.2, 0) is 0 Å². The van der Waals surface area contributed by atoms with Crippen LogP contribution in [0, 0.1) is 0 Å². The molecule has 0 saturated carbocycles. The molecule has 0 amide bonds. The van der Waals surface area contributed by atoms with Gasteiger partial charge in [0.1, 0.15) is 11.5 Å². The fraction of sp³-hybridized carbons (Fsp3) is 0.368. The first-order valence-corrected chi connectivity index (χ1v) is 15.8. The van der Waals surface area contributed by atoms with Gasteiger partial charge in [-0.05, 0) is 83.6 Å². The maximum absolute atomic E-state index is 5.98. The fourth-order valence-electron chi connectivity index (χ4n) is 5.53. The van der Waals surface area contributed by atoms with E-state index in [0.717, 1.165) is 48.6 Å². The summed E-state index contributed by atoms with van der Waals surface area (Å²) in [6.45, 7) is 6.08. The van der Waals surface area contributed by atoms with Gasteiger partial charge < -0.3 is 14.5 Å². The lowest BCUT2D eigenvalue weighted by molar-refractivity contribution is 0.304. The minimum absolute atomic E-state index is 0.793. The van der Waals surface area contributed by atoms with Gasteiger partial charge in [0.2, 0.25) is 0 Å². The molecule has 0 saturated heterocycles. The number of aromatic amines is 1. The SMILES string of the molecule is CCCCCCCOc1ccc(-c2ccc3[nH]c4ccc(-c5ccc(OCCCCCCC)cc5)cc4c3c2)cc1. The molecule has 41 heavy (non-hydrogen) atoms. The highest BCUT2D eigenvalue weighted by atomic mass is 16.5. The summed E-state index contributed by atoms with van der Waals surface area (Å²) in [7, 11) is 0. The Morgan fingerprint density at radius 2 is 0.829 bits per heavy atom. The molecule has 0 aliphatic rings. The molecule has 5 aromatic rings. The van der Waals surface area contributed by atoms with Gasteiger partial charge in [-0.3, -0.25) is 0 Å². The minimum atomic E-state index is 0.793. The van der Waals surface area contributed by atoms with Gasteiger partial charge in [0, 0.05) is 21.8 Å². The first-order chi connectivity index (χ1) is 20.2. The number of hydrogen-bond donors (Lipinski definition) is 1. The number of fused-ring (bicyclic) bond motifs is 3. The van der Waals surface area contributed by atoms with Crippen molar-refractivity contribution in [2.45, 2.75) is 78.1 Å². The van der Waals surface area contributed by atoms with Gasteiger partial charge >= 0.3 is 0 Å². The van der Waals surface area contributed by atoms with E-state index in [-0.39, 0.29) is 0 Å². The number of H-pyrrole nitrogens is 1. The smallest absolute Gasteiger partial charge is 0.119 e. The van der Waals surface area contributed by atoms with Crippen LogP contribution in [0.3, 0.4) is 0 Å². The summed E-state index contributed by atoms with van der Waals surface area (Å²) in [6, 6.07) is 30.5. The lowest BCUT2D eigenvalue weighted by atomic mass is 10.00. The number of unbranched alkanes of at least 4 members (excludes halogenated alkanes) is 8. The zero-order chi connectivity index (χ0) is 28.3. The van der Waals surface area contributed by atoms with Gasteiger partial charge in [0.05, 0.1) is 13.2 Å². The second kappa shape index (κ2) is 14.8. The third kappa shape index (κ3) is 7.73. The molecule has 214 valence electrons. The lowest BCUT2D eigenvalue weighted by Crippen LogP contribution is -1.97. The molecule has 0 unspecified atom stereocenters. The van der Waals surface area contributed by atoms with Crippen LogP contribution in [-0.4, -0.2) is 18.2 Å². The lowest BCUT2D eigenvalue weighted by Gasteiger charge is -2.08. The molecular weight excluding hydrogens is 502 g/mol. The topological polar surface area (TPSA) is 34.2 Å². The van der Waals surface area contributed by atoms with Crippen LogP contribution in [0.1, 0.15) is 78.1 Å². The Morgan fingerprint density at radius 3 is 1.24 bits per heavy atom. The number of rotatable bonds is 16. The Bertz CT molecular complexity index is 1380. The molecule has 0 aliphatic carbocycles. The van der Waals surface area contributed by atoms with E-state index in [1.807, 2.05) is 0 Å². The van der Waals surface area contributed by atoms with E-state index in [0.29, 0.717) is 0 Å². The van der Waals surface area contributed by atoms with Gasteiger partial charge in [0.15, 0.2) is 0 Å². The predicted molar refractivity (Wildman–Crippen MR) is 175 cm³/mol.